The maximum atomic E-state index is 13.1. The molecule has 1 aromatic heterocycles. The minimum Gasteiger partial charge on any atom is -0.338 e. The number of benzene rings is 1. The third-order valence-corrected chi connectivity index (χ3v) is 5.53. The molecular formula is C20H26FN5O. The summed E-state index contributed by atoms with van der Waals surface area (Å²) in [6.45, 7) is 3.43. The zero-order chi connectivity index (χ0) is 18.8. The Balaban J connectivity index is 1.30. The lowest BCUT2D eigenvalue weighted by Gasteiger charge is -2.20. The van der Waals surface area contributed by atoms with E-state index < -0.39 is 0 Å². The third-order valence-electron chi connectivity index (χ3n) is 5.53. The van der Waals surface area contributed by atoms with Crippen LogP contribution in [0, 0.1) is 11.7 Å². The van der Waals surface area contributed by atoms with E-state index in [0.29, 0.717) is 12.5 Å². The largest absolute Gasteiger partial charge is 0.338 e. The standard InChI is InChI=1S/C20H26FN5O/c1-25(20(27)22-10-14-8-9-26(12-14)18-6-7-18)13-16-11-23-24-19(16)15-2-4-17(21)5-3-15/h2-5,11,14,18H,6-10,12-13H2,1H3,(H,22,27)(H,23,24)/t14-/m0/s1. The van der Waals surface area contributed by atoms with Gasteiger partial charge in [0.2, 0.25) is 0 Å². The van der Waals surface area contributed by atoms with Crippen LogP contribution in [0.15, 0.2) is 30.5 Å². The van der Waals surface area contributed by atoms with Crippen molar-refractivity contribution < 1.29 is 9.18 Å². The van der Waals surface area contributed by atoms with Crippen LogP contribution in [0.5, 0.6) is 0 Å². The van der Waals surface area contributed by atoms with Crippen molar-refractivity contribution in [3.63, 3.8) is 0 Å². The minimum atomic E-state index is -0.275. The number of aromatic nitrogens is 2. The zero-order valence-corrected chi connectivity index (χ0v) is 15.6. The van der Waals surface area contributed by atoms with Gasteiger partial charge in [0, 0.05) is 37.3 Å². The second-order valence-corrected chi connectivity index (χ2v) is 7.70. The van der Waals surface area contributed by atoms with Crippen LogP contribution in [0.4, 0.5) is 9.18 Å². The Morgan fingerprint density at radius 1 is 1.33 bits per heavy atom. The summed E-state index contributed by atoms with van der Waals surface area (Å²) in [6.07, 6.45) is 5.55. The maximum absolute atomic E-state index is 13.1. The molecule has 6 nitrogen and oxygen atoms in total. The molecule has 1 saturated heterocycles. The van der Waals surface area contributed by atoms with Gasteiger partial charge in [0.25, 0.3) is 0 Å². The molecule has 1 aliphatic carbocycles. The van der Waals surface area contributed by atoms with Crippen molar-refractivity contribution in [3.05, 3.63) is 41.8 Å². The number of aromatic amines is 1. The fourth-order valence-electron chi connectivity index (χ4n) is 3.79. The van der Waals surface area contributed by atoms with E-state index in [2.05, 4.69) is 20.4 Å². The summed E-state index contributed by atoms with van der Waals surface area (Å²) in [6, 6.07) is 6.98. The topological polar surface area (TPSA) is 64.3 Å². The predicted octanol–water partition coefficient (Wildman–Crippen LogP) is 2.84. The summed E-state index contributed by atoms with van der Waals surface area (Å²) >= 11 is 0. The van der Waals surface area contributed by atoms with Gasteiger partial charge in [-0.3, -0.25) is 5.10 Å². The number of nitrogens with one attached hydrogen (secondary N) is 2. The molecule has 7 heteroatoms. The van der Waals surface area contributed by atoms with E-state index in [1.165, 1.54) is 25.0 Å². The number of carbonyl (C=O) groups is 1. The van der Waals surface area contributed by atoms with Crippen LogP contribution in [0.1, 0.15) is 24.8 Å². The quantitative estimate of drug-likeness (QED) is 0.821. The number of H-pyrrole nitrogens is 1. The molecule has 4 rings (SSSR count). The molecule has 2 N–H and O–H groups in total. The molecule has 0 unspecified atom stereocenters. The summed E-state index contributed by atoms with van der Waals surface area (Å²) in [5, 5.41) is 10.1. The van der Waals surface area contributed by atoms with E-state index in [4.69, 9.17) is 0 Å². The van der Waals surface area contributed by atoms with E-state index >= 15 is 0 Å². The number of nitrogens with zero attached hydrogens (tertiary/aromatic N) is 3. The van der Waals surface area contributed by atoms with Gasteiger partial charge in [-0.2, -0.15) is 5.10 Å². The van der Waals surface area contributed by atoms with Crippen LogP contribution in [0.25, 0.3) is 11.3 Å². The number of halogens is 1. The zero-order valence-electron chi connectivity index (χ0n) is 15.6. The van der Waals surface area contributed by atoms with Gasteiger partial charge >= 0.3 is 6.03 Å². The number of amides is 2. The maximum Gasteiger partial charge on any atom is 0.317 e. The average molecular weight is 371 g/mol. The van der Waals surface area contributed by atoms with Crippen LogP contribution in [-0.4, -0.2) is 58.8 Å². The van der Waals surface area contributed by atoms with Gasteiger partial charge in [-0.1, -0.05) is 0 Å². The lowest BCUT2D eigenvalue weighted by atomic mass is 10.1. The lowest BCUT2D eigenvalue weighted by Crippen LogP contribution is -2.39. The van der Waals surface area contributed by atoms with E-state index in [9.17, 15) is 9.18 Å². The second kappa shape index (κ2) is 7.68. The van der Waals surface area contributed by atoms with Crippen LogP contribution in [0.3, 0.4) is 0 Å². The molecule has 0 bridgehead atoms. The molecule has 0 radical (unpaired) electrons. The Labute approximate surface area is 158 Å². The Kier molecular flexibility index (Phi) is 5.11. The molecule has 2 aliphatic rings. The molecule has 2 amide bonds. The molecule has 1 aromatic carbocycles. The van der Waals surface area contributed by atoms with Gasteiger partial charge < -0.3 is 15.1 Å². The van der Waals surface area contributed by atoms with Crippen molar-refractivity contribution in [2.75, 3.05) is 26.7 Å². The molecule has 27 heavy (non-hydrogen) atoms. The van der Waals surface area contributed by atoms with Crippen molar-refractivity contribution in [1.82, 2.24) is 25.3 Å². The highest BCUT2D eigenvalue weighted by Crippen LogP contribution is 2.31. The van der Waals surface area contributed by atoms with Gasteiger partial charge in [-0.25, -0.2) is 9.18 Å². The molecule has 2 heterocycles. The minimum absolute atomic E-state index is 0.0777. The molecule has 1 atom stereocenters. The predicted molar refractivity (Wildman–Crippen MR) is 102 cm³/mol. The van der Waals surface area contributed by atoms with Crippen molar-refractivity contribution >= 4 is 6.03 Å². The highest BCUT2D eigenvalue weighted by atomic mass is 19.1. The van der Waals surface area contributed by atoms with Crippen LogP contribution >= 0.6 is 0 Å². The van der Waals surface area contributed by atoms with E-state index in [0.717, 1.165) is 48.9 Å². The Morgan fingerprint density at radius 2 is 2.11 bits per heavy atom. The van der Waals surface area contributed by atoms with Gasteiger partial charge in [0.05, 0.1) is 18.4 Å². The highest BCUT2D eigenvalue weighted by molar-refractivity contribution is 5.74. The first-order valence-electron chi connectivity index (χ1n) is 9.61. The Morgan fingerprint density at radius 3 is 2.85 bits per heavy atom. The van der Waals surface area contributed by atoms with Crippen molar-refractivity contribution in [3.8, 4) is 11.3 Å². The van der Waals surface area contributed by atoms with E-state index in [1.54, 1.807) is 30.3 Å². The number of hydrogen-bond acceptors (Lipinski definition) is 3. The summed E-state index contributed by atoms with van der Waals surface area (Å²) in [5.41, 5.74) is 2.56. The number of carbonyl (C=O) groups excluding carboxylic acids is 1. The summed E-state index contributed by atoms with van der Waals surface area (Å²) in [4.78, 5) is 16.7. The summed E-state index contributed by atoms with van der Waals surface area (Å²) in [7, 11) is 1.78. The Hall–Kier alpha value is -2.41. The molecule has 2 fully saturated rings. The van der Waals surface area contributed by atoms with Gasteiger partial charge in [0.15, 0.2) is 0 Å². The number of hydrogen-bond donors (Lipinski definition) is 2. The van der Waals surface area contributed by atoms with Crippen LogP contribution in [0.2, 0.25) is 0 Å². The Bertz CT molecular complexity index is 786. The number of rotatable bonds is 6. The van der Waals surface area contributed by atoms with Gasteiger partial charge in [-0.15, -0.1) is 0 Å². The fraction of sp³-hybridized carbons (Fsp3) is 0.500. The molecule has 1 saturated carbocycles. The van der Waals surface area contributed by atoms with E-state index in [1.807, 2.05) is 0 Å². The SMILES string of the molecule is CN(Cc1cn[nH]c1-c1ccc(F)cc1)C(=O)NC[C@@H]1CCN(C2CC2)C1. The lowest BCUT2D eigenvalue weighted by molar-refractivity contribution is 0.204. The van der Waals surface area contributed by atoms with Crippen LogP contribution < -0.4 is 5.32 Å². The summed E-state index contributed by atoms with van der Waals surface area (Å²) in [5.74, 6) is 0.273. The monoisotopic (exact) mass is 371 g/mol. The highest BCUT2D eigenvalue weighted by Gasteiger charge is 2.34. The first kappa shape index (κ1) is 18.0. The second-order valence-electron chi connectivity index (χ2n) is 7.70. The van der Waals surface area contributed by atoms with Crippen molar-refractivity contribution in [2.45, 2.75) is 31.8 Å². The molecule has 2 aromatic rings. The third kappa shape index (κ3) is 4.30. The van der Waals surface area contributed by atoms with Crippen LogP contribution in [-0.2, 0) is 6.54 Å². The first-order valence-corrected chi connectivity index (χ1v) is 9.61. The first-order chi connectivity index (χ1) is 13.1. The average Bonchev–Trinajstić information content (AvgIpc) is 3.23. The molecule has 0 spiro atoms. The number of likely N-dealkylation sites (tertiary alicyclic amines) is 1. The smallest absolute Gasteiger partial charge is 0.317 e. The number of urea groups is 1. The molecule has 144 valence electrons. The molecule has 1 aliphatic heterocycles. The fourth-order valence-corrected chi connectivity index (χ4v) is 3.79. The van der Waals surface area contributed by atoms with Gasteiger partial charge in [0.1, 0.15) is 5.82 Å². The summed E-state index contributed by atoms with van der Waals surface area (Å²) < 4.78 is 13.1. The molecular weight excluding hydrogens is 345 g/mol. The van der Waals surface area contributed by atoms with Crippen molar-refractivity contribution in [2.24, 2.45) is 5.92 Å². The normalized spacial score (nSPS) is 20.0. The van der Waals surface area contributed by atoms with Crippen molar-refractivity contribution in [1.29, 1.82) is 0 Å². The van der Waals surface area contributed by atoms with Gasteiger partial charge in [-0.05, 0) is 56.0 Å². The van der Waals surface area contributed by atoms with E-state index in [-0.39, 0.29) is 11.8 Å².